The molecule has 1 atom stereocenters. The number of anilines is 1. The predicted octanol–water partition coefficient (Wildman–Crippen LogP) is 4.79. The third-order valence-corrected chi connectivity index (χ3v) is 5.31. The largest absolute Gasteiger partial charge is 0.435 e. The number of alkyl halides is 5. The molecule has 0 spiro atoms. The van der Waals surface area contributed by atoms with E-state index in [4.69, 9.17) is 0 Å². The summed E-state index contributed by atoms with van der Waals surface area (Å²) in [7, 11) is 0. The minimum absolute atomic E-state index is 0.0198. The quantitative estimate of drug-likeness (QED) is 0.547. The molecule has 31 heavy (non-hydrogen) atoms. The number of halogens is 6. The van der Waals surface area contributed by atoms with Gasteiger partial charge in [0.1, 0.15) is 11.6 Å². The van der Waals surface area contributed by atoms with E-state index in [2.05, 4.69) is 31.0 Å². The molecule has 5 nitrogen and oxygen atoms in total. The average Bonchev–Trinajstić information content (AvgIpc) is 3.15. The van der Waals surface area contributed by atoms with Crippen LogP contribution >= 0.6 is 15.9 Å². The van der Waals surface area contributed by atoms with Crippen LogP contribution in [-0.4, -0.2) is 36.6 Å². The van der Waals surface area contributed by atoms with Crippen LogP contribution in [0.25, 0.3) is 0 Å². The molecule has 1 amide bonds. The Labute approximate surface area is 183 Å². The van der Waals surface area contributed by atoms with E-state index in [0.717, 1.165) is 12.3 Å². The van der Waals surface area contributed by atoms with Gasteiger partial charge >= 0.3 is 12.8 Å². The topological polar surface area (TPSA) is 54.5 Å². The average molecular weight is 508 g/mol. The minimum Gasteiger partial charge on any atom is -0.435 e. The smallest absolute Gasteiger partial charge is 0.417 e. The summed E-state index contributed by atoms with van der Waals surface area (Å²) in [5, 5.41) is 2.87. The molecular formula is C20H19BrF5N3O2. The van der Waals surface area contributed by atoms with E-state index in [1.165, 1.54) is 12.1 Å². The molecule has 1 unspecified atom stereocenters. The number of nitrogens with one attached hydrogen (secondary N) is 1. The Morgan fingerprint density at radius 2 is 2.06 bits per heavy atom. The lowest BCUT2D eigenvalue weighted by molar-refractivity contribution is -0.137. The summed E-state index contributed by atoms with van der Waals surface area (Å²) < 4.78 is 68.2. The Bertz CT molecular complexity index is 909. The maximum atomic E-state index is 12.7. The van der Waals surface area contributed by atoms with Crippen LogP contribution in [0, 0.1) is 0 Å². The monoisotopic (exact) mass is 507 g/mol. The Morgan fingerprint density at radius 3 is 2.71 bits per heavy atom. The van der Waals surface area contributed by atoms with E-state index in [1.807, 2.05) is 0 Å². The van der Waals surface area contributed by atoms with Crippen LogP contribution < -0.4 is 15.0 Å². The second-order valence-electron chi connectivity index (χ2n) is 7.03. The van der Waals surface area contributed by atoms with Gasteiger partial charge in [-0.2, -0.15) is 22.0 Å². The van der Waals surface area contributed by atoms with Crippen LogP contribution in [0.4, 0.5) is 27.8 Å². The molecule has 0 aliphatic carbocycles. The van der Waals surface area contributed by atoms with Gasteiger partial charge in [-0.25, -0.2) is 4.98 Å². The molecule has 0 saturated carbocycles. The zero-order valence-corrected chi connectivity index (χ0v) is 17.7. The van der Waals surface area contributed by atoms with E-state index >= 15 is 0 Å². The van der Waals surface area contributed by atoms with Gasteiger partial charge < -0.3 is 15.0 Å². The van der Waals surface area contributed by atoms with Crippen molar-refractivity contribution in [2.45, 2.75) is 38.1 Å². The highest BCUT2D eigenvalue weighted by atomic mass is 79.9. The molecule has 168 valence electrons. The first-order valence-electron chi connectivity index (χ1n) is 9.42. The second-order valence-corrected chi connectivity index (χ2v) is 7.95. The predicted molar refractivity (Wildman–Crippen MR) is 107 cm³/mol. The van der Waals surface area contributed by atoms with E-state index < -0.39 is 18.4 Å². The number of nitrogens with zero attached hydrogens (tertiary/aromatic N) is 2. The number of carbonyl (C=O) groups excluding carboxylic acids is 1. The Morgan fingerprint density at radius 1 is 1.29 bits per heavy atom. The fourth-order valence-electron chi connectivity index (χ4n) is 3.33. The lowest BCUT2D eigenvalue weighted by atomic mass is 10.1. The molecule has 0 bridgehead atoms. The third-order valence-electron chi connectivity index (χ3n) is 4.81. The van der Waals surface area contributed by atoms with Gasteiger partial charge in [-0.05, 0) is 48.7 Å². The highest BCUT2D eigenvalue weighted by Gasteiger charge is 2.31. The number of benzene rings is 1. The fourth-order valence-corrected chi connectivity index (χ4v) is 3.74. The molecule has 0 radical (unpaired) electrons. The van der Waals surface area contributed by atoms with Crippen LogP contribution in [0.1, 0.15) is 24.0 Å². The molecule has 1 aliphatic rings. The molecule has 1 saturated heterocycles. The summed E-state index contributed by atoms with van der Waals surface area (Å²) >= 11 is 3.27. The Hall–Kier alpha value is -2.43. The molecule has 2 heterocycles. The number of hydrogen-bond acceptors (Lipinski definition) is 4. The summed E-state index contributed by atoms with van der Waals surface area (Å²) in [5.41, 5.74) is -0.338. The van der Waals surface area contributed by atoms with Crippen molar-refractivity contribution in [3.8, 4) is 5.75 Å². The molecule has 2 aromatic rings. The zero-order valence-electron chi connectivity index (χ0n) is 16.1. The van der Waals surface area contributed by atoms with E-state index in [0.29, 0.717) is 35.4 Å². The number of hydrogen-bond donors (Lipinski definition) is 1. The van der Waals surface area contributed by atoms with Gasteiger partial charge in [-0.15, -0.1) is 0 Å². The molecule has 1 N–H and O–H groups in total. The summed E-state index contributed by atoms with van der Waals surface area (Å²) in [6, 6.07) is 6.71. The number of aromatic nitrogens is 1. The number of rotatable bonds is 7. The van der Waals surface area contributed by atoms with Gasteiger partial charge in [0.15, 0.2) is 0 Å². The first-order valence-corrected chi connectivity index (χ1v) is 10.2. The summed E-state index contributed by atoms with van der Waals surface area (Å²) in [6.45, 7) is -2.00. The van der Waals surface area contributed by atoms with E-state index in [-0.39, 0.29) is 30.5 Å². The van der Waals surface area contributed by atoms with Crippen molar-refractivity contribution >= 4 is 27.7 Å². The van der Waals surface area contributed by atoms with Crippen LogP contribution in [0.5, 0.6) is 5.75 Å². The summed E-state index contributed by atoms with van der Waals surface area (Å²) in [6.07, 6.45) is -2.75. The van der Waals surface area contributed by atoms with Crippen LogP contribution in [0.2, 0.25) is 0 Å². The Balaban J connectivity index is 1.52. The van der Waals surface area contributed by atoms with Gasteiger partial charge in [0.05, 0.1) is 5.56 Å². The van der Waals surface area contributed by atoms with E-state index in [1.54, 1.807) is 17.0 Å². The first-order chi connectivity index (χ1) is 14.6. The van der Waals surface area contributed by atoms with Gasteiger partial charge in [-0.3, -0.25) is 4.79 Å². The lowest BCUT2D eigenvalue weighted by Crippen LogP contribution is -2.37. The van der Waals surface area contributed by atoms with Crippen molar-refractivity contribution in [1.29, 1.82) is 0 Å². The molecule has 1 aliphatic heterocycles. The first kappa shape index (κ1) is 23.2. The molecule has 3 rings (SSSR count). The van der Waals surface area contributed by atoms with Crippen LogP contribution in [-0.2, 0) is 17.4 Å². The number of carbonyl (C=O) groups is 1. The SMILES string of the molecule is O=C(CCc1cc(Br)ccc1OC(F)F)NC1CCN(c2ccc(C(F)(F)F)cn2)C1. The standard InChI is InChI=1S/C20H19BrF5N3O2/c21-14-3-4-16(31-19(22)23)12(9-14)1-6-18(30)28-15-7-8-29(11-15)17-5-2-13(10-27-17)20(24,25)26/h2-5,9-10,15,19H,1,6-8,11H2,(H,28,30). The van der Waals surface area contributed by atoms with Crippen molar-refractivity contribution in [3.05, 3.63) is 52.1 Å². The van der Waals surface area contributed by atoms with Crippen LogP contribution in [0.15, 0.2) is 41.0 Å². The highest BCUT2D eigenvalue weighted by molar-refractivity contribution is 9.10. The maximum Gasteiger partial charge on any atom is 0.417 e. The number of amides is 1. The van der Waals surface area contributed by atoms with E-state index in [9.17, 15) is 26.7 Å². The number of pyridine rings is 1. The normalized spacial score (nSPS) is 16.6. The van der Waals surface area contributed by atoms with Crippen molar-refractivity contribution in [2.24, 2.45) is 0 Å². The van der Waals surface area contributed by atoms with Crippen molar-refractivity contribution in [2.75, 3.05) is 18.0 Å². The highest BCUT2D eigenvalue weighted by Crippen LogP contribution is 2.30. The summed E-state index contributed by atoms with van der Waals surface area (Å²) in [4.78, 5) is 18.0. The molecule has 1 fully saturated rings. The molecule has 11 heteroatoms. The van der Waals surface area contributed by atoms with Crippen molar-refractivity contribution in [3.63, 3.8) is 0 Å². The molecule has 1 aromatic carbocycles. The molecular weight excluding hydrogens is 489 g/mol. The van der Waals surface area contributed by atoms with Gasteiger partial charge in [0.2, 0.25) is 5.91 Å². The van der Waals surface area contributed by atoms with Crippen LogP contribution in [0.3, 0.4) is 0 Å². The lowest BCUT2D eigenvalue weighted by Gasteiger charge is -2.18. The zero-order chi connectivity index (χ0) is 22.6. The molecule has 1 aromatic heterocycles. The number of ether oxygens (including phenoxy) is 1. The third kappa shape index (κ3) is 6.52. The van der Waals surface area contributed by atoms with Crippen molar-refractivity contribution < 1.29 is 31.5 Å². The minimum atomic E-state index is -4.44. The maximum absolute atomic E-state index is 12.7. The van der Waals surface area contributed by atoms with Gasteiger partial charge in [0, 0.05) is 36.2 Å². The summed E-state index contributed by atoms with van der Waals surface area (Å²) in [5.74, 6) is 0.175. The fraction of sp³-hybridized carbons (Fsp3) is 0.400. The number of aryl methyl sites for hydroxylation is 1. The van der Waals surface area contributed by atoms with Crippen molar-refractivity contribution in [1.82, 2.24) is 10.3 Å². The van der Waals surface area contributed by atoms with Gasteiger partial charge in [-0.1, -0.05) is 15.9 Å². The Kier molecular flexibility index (Phi) is 7.34. The second kappa shape index (κ2) is 9.80. The van der Waals surface area contributed by atoms with Gasteiger partial charge in [0.25, 0.3) is 0 Å².